The van der Waals surface area contributed by atoms with Gasteiger partial charge in [0, 0.05) is 47.8 Å². The molecular weight excluding hydrogens is 384 g/mol. The van der Waals surface area contributed by atoms with Crippen molar-refractivity contribution in [3.05, 3.63) is 57.6 Å². The first-order chi connectivity index (χ1) is 14.3. The van der Waals surface area contributed by atoms with Crippen molar-refractivity contribution in [2.45, 2.75) is 72.6 Å². The van der Waals surface area contributed by atoms with Crippen LogP contribution in [-0.2, 0) is 10.8 Å². The molecule has 31 heavy (non-hydrogen) atoms. The summed E-state index contributed by atoms with van der Waals surface area (Å²) in [7, 11) is 0. The average molecular weight is 423 g/mol. The highest BCUT2D eigenvalue weighted by molar-refractivity contribution is 5.85. The Balaban J connectivity index is 2.00. The number of hydrogen-bond acceptors (Lipinski definition) is 4. The first-order valence-electron chi connectivity index (χ1n) is 11.0. The monoisotopic (exact) mass is 422 g/mol. The number of phenolic OH excluding ortho intramolecular Hbond substituents is 2. The lowest BCUT2D eigenvalue weighted by Crippen LogP contribution is -2.12. The van der Waals surface area contributed by atoms with Crippen molar-refractivity contribution in [2.24, 2.45) is 9.98 Å². The minimum absolute atomic E-state index is 0.123. The van der Waals surface area contributed by atoms with E-state index in [4.69, 9.17) is 0 Å². The van der Waals surface area contributed by atoms with Gasteiger partial charge in [0.2, 0.25) is 0 Å². The highest BCUT2D eigenvalue weighted by atomic mass is 16.3. The highest BCUT2D eigenvalue weighted by Crippen LogP contribution is 2.34. The molecule has 0 amide bonds. The summed E-state index contributed by atoms with van der Waals surface area (Å²) >= 11 is 0. The number of benzene rings is 2. The quantitative estimate of drug-likeness (QED) is 0.427. The summed E-state index contributed by atoms with van der Waals surface area (Å²) in [5, 5.41) is 21.2. The van der Waals surface area contributed by atoms with E-state index in [9.17, 15) is 10.2 Å². The van der Waals surface area contributed by atoms with E-state index in [1.165, 1.54) is 0 Å². The Bertz CT molecular complexity index is 895. The van der Waals surface area contributed by atoms with Crippen LogP contribution in [0.1, 0.15) is 81.3 Å². The molecule has 0 bridgehead atoms. The molecule has 0 aliphatic carbocycles. The van der Waals surface area contributed by atoms with E-state index in [-0.39, 0.29) is 10.8 Å². The molecule has 168 valence electrons. The van der Waals surface area contributed by atoms with Crippen LogP contribution in [0.4, 0.5) is 0 Å². The van der Waals surface area contributed by atoms with E-state index < -0.39 is 0 Å². The number of rotatable bonds is 6. The Morgan fingerprint density at radius 1 is 0.677 bits per heavy atom. The maximum absolute atomic E-state index is 10.6. The Morgan fingerprint density at radius 2 is 1.03 bits per heavy atom. The van der Waals surface area contributed by atoms with E-state index in [1.807, 2.05) is 38.1 Å². The van der Waals surface area contributed by atoms with Crippen molar-refractivity contribution in [2.75, 3.05) is 13.1 Å². The van der Waals surface area contributed by atoms with E-state index >= 15 is 0 Å². The highest BCUT2D eigenvalue weighted by Gasteiger charge is 2.21. The zero-order valence-electron chi connectivity index (χ0n) is 20.4. The van der Waals surface area contributed by atoms with E-state index in [0.29, 0.717) is 24.6 Å². The lowest BCUT2D eigenvalue weighted by atomic mass is 9.84. The molecule has 0 heterocycles. The Hall–Kier alpha value is -2.62. The maximum atomic E-state index is 10.6. The molecule has 0 saturated heterocycles. The van der Waals surface area contributed by atoms with Crippen molar-refractivity contribution in [1.29, 1.82) is 0 Å². The van der Waals surface area contributed by atoms with Gasteiger partial charge in [-0.1, -0.05) is 53.7 Å². The van der Waals surface area contributed by atoms with Gasteiger partial charge >= 0.3 is 0 Å². The Labute approximate surface area is 187 Å². The molecule has 0 radical (unpaired) electrons. The minimum atomic E-state index is -0.123. The molecule has 2 N–H and O–H groups in total. The summed E-state index contributed by atoms with van der Waals surface area (Å²) in [5.41, 5.74) is 5.36. The summed E-state index contributed by atoms with van der Waals surface area (Å²) in [6.07, 6.45) is 4.30. The molecule has 2 aromatic carbocycles. The number of aromatic hydroxyl groups is 2. The van der Waals surface area contributed by atoms with Gasteiger partial charge in [-0.25, -0.2) is 0 Å². The third kappa shape index (κ3) is 6.68. The molecule has 0 aromatic heterocycles. The van der Waals surface area contributed by atoms with Gasteiger partial charge in [-0.15, -0.1) is 0 Å². The van der Waals surface area contributed by atoms with Crippen LogP contribution < -0.4 is 0 Å². The predicted molar refractivity (Wildman–Crippen MR) is 133 cm³/mol. The average Bonchev–Trinajstić information content (AvgIpc) is 2.63. The van der Waals surface area contributed by atoms with Crippen molar-refractivity contribution in [3.8, 4) is 11.5 Å². The van der Waals surface area contributed by atoms with Gasteiger partial charge in [0.05, 0.1) is 0 Å². The topological polar surface area (TPSA) is 65.2 Å². The Kier molecular flexibility index (Phi) is 7.69. The molecule has 0 aliphatic heterocycles. The minimum Gasteiger partial charge on any atom is -0.507 e. The van der Waals surface area contributed by atoms with Crippen LogP contribution in [0, 0.1) is 13.8 Å². The fourth-order valence-electron chi connectivity index (χ4n) is 3.53. The summed E-state index contributed by atoms with van der Waals surface area (Å²) in [6.45, 7) is 17.9. The molecule has 2 aromatic rings. The predicted octanol–water partition coefficient (Wildman–Crippen LogP) is 6.24. The number of hydrogen-bond donors (Lipinski definition) is 2. The van der Waals surface area contributed by atoms with E-state index in [1.54, 1.807) is 12.4 Å². The van der Waals surface area contributed by atoms with Crippen molar-refractivity contribution >= 4 is 12.4 Å². The second-order valence-corrected chi connectivity index (χ2v) is 10.4. The zero-order chi connectivity index (χ0) is 23.4. The van der Waals surface area contributed by atoms with Gasteiger partial charge in [-0.05, 0) is 54.4 Å². The number of nitrogens with zero attached hydrogens (tertiary/aromatic N) is 2. The summed E-state index contributed by atoms with van der Waals surface area (Å²) in [5.74, 6) is 0.619. The van der Waals surface area contributed by atoms with Crippen LogP contribution in [0.25, 0.3) is 0 Å². The first kappa shape index (κ1) is 24.6. The van der Waals surface area contributed by atoms with Gasteiger partial charge in [0.25, 0.3) is 0 Å². The smallest absolute Gasteiger partial charge is 0.128 e. The molecule has 0 saturated carbocycles. The number of aliphatic imine (C=N–C) groups is 2. The normalized spacial score (nSPS) is 12.9. The van der Waals surface area contributed by atoms with Gasteiger partial charge in [-0.3, -0.25) is 9.98 Å². The molecule has 0 fully saturated rings. The zero-order valence-corrected chi connectivity index (χ0v) is 20.4. The summed E-state index contributed by atoms with van der Waals surface area (Å²) < 4.78 is 0. The van der Waals surface area contributed by atoms with Crippen LogP contribution in [0.5, 0.6) is 11.5 Å². The Morgan fingerprint density at radius 3 is 1.35 bits per heavy atom. The number of phenols is 2. The molecule has 4 heteroatoms. The van der Waals surface area contributed by atoms with Crippen LogP contribution in [0.3, 0.4) is 0 Å². The fourth-order valence-corrected chi connectivity index (χ4v) is 3.53. The lowest BCUT2D eigenvalue weighted by Gasteiger charge is -2.22. The lowest BCUT2D eigenvalue weighted by molar-refractivity contribution is 0.445. The van der Waals surface area contributed by atoms with Gasteiger partial charge in [-0.2, -0.15) is 0 Å². The standard InChI is InChI=1S/C27H38N2O2/c1-18-12-20(24(30)22(14-18)26(3,4)5)16-28-10-9-11-29-17-21-13-19(2)15-23(25(21)31)27(6,7)8/h12-17,30-31H,9-11H2,1-8H3. The van der Waals surface area contributed by atoms with E-state index in [0.717, 1.165) is 39.8 Å². The molecule has 2 rings (SSSR count). The third-order valence-electron chi connectivity index (χ3n) is 5.22. The van der Waals surface area contributed by atoms with Crippen molar-refractivity contribution < 1.29 is 10.2 Å². The van der Waals surface area contributed by atoms with Crippen LogP contribution in [-0.4, -0.2) is 35.7 Å². The van der Waals surface area contributed by atoms with Gasteiger partial charge in [0.15, 0.2) is 0 Å². The summed E-state index contributed by atoms with van der Waals surface area (Å²) in [6, 6.07) is 7.99. The SMILES string of the molecule is Cc1cc(C=NCCCN=Cc2cc(C)cc(C(C)(C)C)c2O)c(O)c(C(C)(C)C)c1. The van der Waals surface area contributed by atoms with Gasteiger partial charge < -0.3 is 10.2 Å². The maximum Gasteiger partial charge on any atom is 0.128 e. The van der Waals surface area contributed by atoms with Crippen molar-refractivity contribution in [3.63, 3.8) is 0 Å². The van der Waals surface area contributed by atoms with E-state index in [2.05, 4.69) is 51.5 Å². The first-order valence-corrected chi connectivity index (χ1v) is 11.0. The summed E-state index contributed by atoms with van der Waals surface area (Å²) in [4.78, 5) is 8.96. The fraction of sp³-hybridized carbons (Fsp3) is 0.481. The molecule has 0 spiro atoms. The molecule has 0 unspecified atom stereocenters. The van der Waals surface area contributed by atoms with Crippen LogP contribution in [0.2, 0.25) is 0 Å². The molecular formula is C27H38N2O2. The van der Waals surface area contributed by atoms with Crippen molar-refractivity contribution in [1.82, 2.24) is 0 Å². The second-order valence-electron chi connectivity index (χ2n) is 10.4. The van der Waals surface area contributed by atoms with Gasteiger partial charge in [0.1, 0.15) is 11.5 Å². The molecule has 0 aliphatic rings. The molecule has 0 atom stereocenters. The second kappa shape index (κ2) is 9.67. The van der Waals surface area contributed by atoms with Crippen LogP contribution >= 0.6 is 0 Å². The largest absolute Gasteiger partial charge is 0.507 e. The number of aryl methyl sites for hydroxylation is 2. The molecule has 4 nitrogen and oxygen atoms in total. The third-order valence-corrected chi connectivity index (χ3v) is 5.22. The van der Waals surface area contributed by atoms with Crippen LogP contribution in [0.15, 0.2) is 34.3 Å².